The Morgan fingerprint density at radius 1 is 1.16 bits per heavy atom. The minimum atomic E-state index is -0.718. The summed E-state index contributed by atoms with van der Waals surface area (Å²) in [6.45, 7) is 2.27. The third-order valence-corrected chi connectivity index (χ3v) is 5.06. The molecule has 1 saturated carbocycles. The Morgan fingerprint density at radius 3 is 2.44 bits per heavy atom. The number of urea groups is 1. The molecule has 2 amide bonds. The first-order valence-electron chi connectivity index (χ1n) is 8.84. The highest BCUT2D eigenvalue weighted by Gasteiger charge is 2.37. The van der Waals surface area contributed by atoms with Crippen molar-refractivity contribution < 1.29 is 19.4 Å². The van der Waals surface area contributed by atoms with Crippen molar-refractivity contribution >= 4 is 17.7 Å². The number of amides is 2. The van der Waals surface area contributed by atoms with Gasteiger partial charge in [-0.25, -0.2) is 4.79 Å². The Kier molecular flexibility index (Phi) is 5.43. The third kappa shape index (κ3) is 3.87. The van der Waals surface area contributed by atoms with Crippen LogP contribution < -0.4 is 15.4 Å². The quantitative estimate of drug-likeness (QED) is 0.819. The predicted octanol–water partition coefficient (Wildman–Crippen LogP) is 1.91. The number of anilines is 1. The molecule has 7 heteroatoms. The van der Waals surface area contributed by atoms with Gasteiger partial charge in [-0.3, -0.25) is 9.69 Å². The molecule has 1 aromatic rings. The summed E-state index contributed by atoms with van der Waals surface area (Å²) in [4.78, 5) is 27.5. The van der Waals surface area contributed by atoms with Gasteiger partial charge < -0.3 is 20.5 Å². The van der Waals surface area contributed by atoms with E-state index in [0.717, 1.165) is 24.3 Å². The zero-order valence-corrected chi connectivity index (χ0v) is 14.3. The van der Waals surface area contributed by atoms with Gasteiger partial charge in [0.05, 0.1) is 5.92 Å². The van der Waals surface area contributed by atoms with Gasteiger partial charge in [-0.2, -0.15) is 0 Å². The number of hydrogen-bond acceptors (Lipinski definition) is 4. The van der Waals surface area contributed by atoms with E-state index >= 15 is 0 Å². The van der Waals surface area contributed by atoms with Crippen LogP contribution in [0.3, 0.4) is 0 Å². The average molecular weight is 347 g/mol. The number of carboxylic acid groups (broad SMARTS) is 1. The second kappa shape index (κ2) is 7.74. The van der Waals surface area contributed by atoms with Crippen LogP contribution in [-0.2, 0) is 4.79 Å². The topological polar surface area (TPSA) is 96.1 Å². The molecule has 1 aliphatic carbocycles. The lowest BCUT2D eigenvalue weighted by molar-refractivity contribution is -0.143. The number of hydrogen-bond donors (Lipinski definition) is 2. The molecular formula is C18H25N3O4. The maximum absolute atomic E-state index is 12.8. The molecule has 136 valence electrons. The SMILES string of the molecule is NCCOc1ccc(N2CCN(C3CCC(C(=O)O)CC3)C2=O)cc1. The van der Waals surface area contributed by atoms with Crippen LogP contribution >= 0.6 is 0 Å². The smallest absolute Gasteiger partial charge is 0.324 e. The normalized spacial score (nSPS) is 23.8. The molecule has 25 heavy (non-hydrogen) atoms. The number of ether oxygens (including phenoxy) is 1. The lowest BCUT2D eigenvalue weighted by Crippen LogP contribution is -2.42. The van der Waals surface area contributed by atoms with Crippen molar-refractivity contribution in [3.63, 3.8) is 0 Å². The zero-order valence-electron chi connectivity index (χ0n) is 14.3. The summed E-state index contributed by atoms with van der Waals surface area (Å²) in [5, 5.41) is 9.10. The molecule has 3 N–H and O–H groups in total. The maximum atomic E-state index is 12.8. The number of benzene rings is 1. The van der Waals surface area contributed by atoms with Crippen LogP contribution in [0.1, 0.15) is 25.7 Å². The van der Waals surface area contributed by atoms with E-state index in [1.165, 1.54) is 0 Å². The van der Waals surface area contributed by atoms with Crippen molar-refractivity contribution in [2.75, 3.05) is 31.1 Å². The van der Waals surface area contributed by atoms with Crippen molar-refractivity contribution in [3.05, 3.63) is 24.3 Å². The van der Waals surface area contributed by atoms with Gasteiger partial charge >= 0.3 is 12.0 Å². The molecule has 0 radical (unpaired) electrons. The van der Waals surface area contributed by atoms with Gasteiger partial charge in [-0.05, 0) is 49.9 Å². The molecule has 0 unspecified atom stereocenters. The molecule has 1 aliphatic heterocycles. The number of rotatable bonds is 6. The van der Waals surface area contributed by atoms with Crippen molar-refractivity contribution in [2.24, 2.45) is 11.7 Å². The molecular weight excluding hydrogens is 322 g/mol. The van der Waals surface area contributed by atoms with E-state index in [9.17, 15) is 9.59 Å². The molecule has 7 nitrogen and oxygen atoms in total. The first kappa shape index (κ1) is 17.5. The fourth-order valence-electron chi connectivity index (χ4n) is 3.67. The number of nitrogens with zero attached hydrogens (tertiary/aromatic N) is 2. The molecule has 2 aliphatic rings. The lowest BCUT2D eigenvalue weighted by atomic mass is 9.85. The molecule has 1 saturated heterocycles. The van der Waals surface area contributed by atoms with Crippen molar-refractivity contribution in [2.45, 2.75) is 31.7 Å². The zero-order chi connectivity index (χ0) is 17.8. The highest BCUT2D eigenvalue weighted by Crippen LogP contribution is 2.31. The Labute approximate surface area is 147 Å². The second-order valence-corrected chi connectivity index (χ2v) is 6.60. The molecule has 1 heterocycles. The average Bonchev–Trinajstić information content (AvgIpc) is 3.02. The minimum Gasteiger partial charge on any atom is -0.492 e. The number of carboxylic acids is 1. The Bertz CT molecular complexity index is 611. The van der Waals surface area contributed by atoms with Gasteiger partial charge in [0.2, 0.25) is 0 Å². The van der Waals surface area contributed by atoms with E-state index in [2.05, 4.69) is 0 Å². The highest BCUT2D eigenvalue weighted by molar-refractivity contribution is 5.94. The Morgan fingerprint density at radius 2 is 1.84 bits per heavy atom. The first-order valence-corrected chi connectivity index (χ1v) is 8.84. The summed E-state index contributed by atoms with van der Waals surface area (Å²) in [5.74, 6) is -0.236. The Hall–Kier alpha value is -2.28. The predicted molar refractivity (Wildman–Crippen MR) is 93.8 cm³/mol. The van der Waals surface area contributed by atoms with Gasteiger partial charge in [0.15, 0.2) is 0 Å². The van der Waals surface area contributed by atoms with Gasteiger partial charge in [-0.15, -0.1) is 0 Å². The van der Waals surface area contributed by atoms with Crippen molar-refractivity contribution in [3.8, 4) is 5.75 Å². The van der Waals surface area contributed by atoms with E-state index in [4.69, 9.17) is 15.6 Å². The third-order valence-electron chi connectivity index (χ3n) is 5.06. The van der Waals surface area contributed by atoms with Gasteiger partial charge in [0.1, 0.15) is 12.4 Å². The summed E-state index contributed by atoms with van der Waals surface area (Å²) in [6, 6.07) is 7.62. The van der Waals surface area contributed by atoms with Gasteiger partial charge in [0, 0.05) is 31.4 Å². The van der Waals surface area contributed by atoms with E-state index in [1.807, 2.05) is 29.2 Å². The van der Waals surface area contributed by atoms with Crippen molar-refractivity contribution in [1.29, 1.82) is 0 Å². The lowest BCUT2D eigenvalue weighted by Gasteiger charge is -2.33. The fraction of sp³-hybridized carbons (Fsp3) is 0.556. The van der Waals surface area contributed by atoms with E-state index < -0.39 is 5.97 Å². The fourth-order valence-corrected chi connectivity index (χ4v) is 3.67. The largest absolute Gasteiger partial charge is 0.492 e. The Balaban J connectivity index is 1.59. The molecule has 3 rings (SSSR count). The molecule has 0 aromatic heterocycles. The number of aliphatic carboxylic acids is 1. The van der Waals surface area contributed by atoms with Crippen molar-refractivity contribution in [1.82, 2.24) is 4.90 Å². The van der Waals surface area contributed by atoms with Crippen LogP contribution in [-0.4, -0.2) is 54.3 Å². The maximum Gasteiger partial charge on any atom is 0.324 e. The van der Waals surface area contributed by atoms with Crippen LogP contribution in [0.4, 0.5) is 10.5 Å². The molecule has 0 bridgehead atoms. The summed E-state index contributed by atoms with van der Waals surface area (Å²) in [5.41, 5.74) is 6.27. The van der Waals surface area contributed by atoms with Gasteiger partial charge in [0.25, 0.3) is 0 Å². The molecule has 2 fully saturated rings. The number of carbonyl (C=O) groups is 2. The first-order chi connectivity index (χ1) is 12.1. The standard InChI is InChI=1S/C18H25N3O4/c19-9-12-25-16-7-5-15(6-8-16)21-11-10-20(18(21)24)14-3-1-13(2-4-14)17(22)23/h5-8,13-14H,1-4,9-12,19H2,(H,22,23). The van der Waals surface area contributed by atoms with Crippen LogP contribution in [0.2, 0.25) is 0 Å². The molecule has 0 atom stereocenters. The summed E-state index contributed by atoms with van der Waals surface area (Å²) < 4.78 is 5.46. The summed E-state index contributed by atoms with van der Waals surface area (Å²) >= 11 is 0. The molecule has 1 aromatic carbocycles. The highest BCUT2D eigenvalue weighted by atomic mass is 16.5. The monoisotopic (exact) mass is 347 g/mol. The summed E-state index contributed by atoms with van der Waals surface area (Å²) in [6.07, 6.45) is 2.83. The van der Waals surface area contributed by atoms with Crippen LogP contribution in [0.25, 0.3) is 0 Å². The minimum absolute atomic E-state index is 0.00871. The second-order valence-electron chi connectivity index (χ2n) is 6.60. The van der Waals surface area contributed by atoms with E-state index in [-0.39, 0.29) is 18.0 Å². The van der Waals surface area contributed by atoms with Crippen LogP contribution in [0, 0.1) is 5.92 Å². The van der Waals surface area contributed by atoms with Crippen LogP contribution in [0.5, 0.6) is 5.75 Å². The van der Waals surface area contributed by atoms with Crippen LogP contribution in [0.15, 0.2) is 24.3 Å². The van der Waals surface area contributed by atoms with E-state index in [1.54, 1.807) is 4.90 Å². The van der Waals surface area contributed by atoms with Gasteiger partial charge in [-0.1, -0.05) is 0 Å². The summed E-state index contributed by atoms with van der Waals surface area (Å²) in [7, 11) is 0. The molecule has 0 spiro atoms. The number of carbonyl (C=O) groups excluding carboxylic acids is 1. The number of nitrogens with two attached hydrogens (primary N) is 1. The van der Waals surface area contributed by atoms with E-state index in [0.29, 0.717) is 39.1 Å².